The van der Waals surface area contributed by atoms with Crippen molar-refractivity contribution in [1.82, 2.24) is 10.2 Å². The normalized spacial score (nSPS) is 20.5. The number of ether oxygens (including phenoxy) is 1. The molecular formula is C16H31N3O. The molecule has 0 aromatic rings. The third-order valence-corrected chi connectivity index (χ3v) is 4.27. The van der Waals surface area contributed by atoms with E-state index in [-0.39, 0.29) is 5.54 Å². The van der Waals surface area contributed by atoms with E-state index in [4.69, 9.17) is 4.74 Å². The van der Waals surface area contributed by atoms with E-state index in [1.165, 1.54) is 25.9 Å². The van der Waals surface area contributed by atoms with Gasteiger partial charge in [-0.3, -0.25) is 5.32 Å². The van der Waals surface area contributed by atoms with Crippen molar-refractivity contribution in [2.24, 2.45) is 5.92 Å². The second kappa shape index (κ2) is 9.33. The molecule has 0 aromatic carbocycles. The number of piperidine rings is 1. The van der Waals surface area contributed by atoms with Crippen molar-refractivity contribution in [3.63, 3.8) is 0 Å². The van der Waals surface area contributed by atoms with Gasteiger partial charge in [0.1, 0.15) is 5.54 Å². The third-order valence-electron chi connectivity index (χ3n) is 4.27. The third kappa shape index (κ3) is 6.21. The molecule has 1 saturated heterocycles. The Kier molecular flexibility index (Phi) is 8.13. The van der Waals surface area contributed by atoms with E-state index in [9.17, 15) is 5.26 Å². The maximum Gasteiger partial charge on any atom is 0.103 e. The summed E-state index contributed by atoms with van der Waals surface area (Å²) >= 11 is 0. The molecule has 1 unspecified atom stereocenters. The molecular weight excluding hydrogens is 250 g/mol. The number of hydrogen-bond donors (Lipinski definition) is 1. The van der Waals surface area contributed by atoms with Crippen LogP contribution in [0.15, 0.2) is 0 Å². The largest absolute Gasteiger partial charge is 0.384 e. The minimum atomic E-state index is -0.357. The molecule has 0 radical (unpaired) electrons. The van der Waals surface area contributed by atoms with Crippen molar-refractivity contribution in [1.29, 1.82) is 5.26 Å². The lowest BCUT2D eigenvalue weighted by atomic mass is 9.95. The maximum absolute atomic E-state index is 9.30. The molecule has 0 aliphatic carbocycles. The van der Waals surface area contributed by atoms with Crippen molar-refractivity contribution < 1.29 is 4.74 Å². The summed E-state index contributed by atoms with van der Waals surface area (Å²) in [6.07, 6.45) is 5.59. The highest BCUT2D eigenvalue weighted by molar-refractivity contribution is 5.03. The molecule has 1 aliphatic heterocycles. The van der Waals surface area contributed by atoms with Gasteiger partial charge in [0.05, 0.1) is 6.07 Å². The predicted molar refractivity (Wildman–Crippen MR) is 82.6 cm³/mol. The zero-order valence-corrected chi connectivity index (χ0v) is 13.5. The highest BCUT2D eigenvalue weighted by Gasteiger charge is 2.23. The van der Waals surface area contributed by atoms with Gasteiger partial charge in [0.15, 0.2) is 0 Å². The zero-order valence-electron chi connectivity index (χ0n) is 13.5. The van der Waals surface area contributed by atoms with Gasteiger partial charge in [0.2, 0.25) is 0 Å². The first-order valence-electron chi connectivity index (χ1n) is 8.01. The van der Waals surface area contributed by atoms with Gasteiger partial charge in [0.25, 0.3) is 0 Å². The second-order valence-electron chi connectivity index (χ2n) is 6.21. The molecule has 1 rings (SSSR count). The Balaban J connectivity index is 2.19. The van der Waals surface area contributed by atoms with E-state index < -0.39 is 0 Å². The van der Waals surface area contributed by atoms with Gasteiger partial charge >= 0.3 is 0 Å². The highest BCUT2D eigenvalue weighted by Crippen LogP contribution is 2.19. The molecule has 1 fully saturated rings. The Morgan fingerprint density at radius 2 is 2.10 bits per heavy atom. The molecule has 0 bridgehead atoms. The topological polar surface area (TPSA) is 48.3 Å². The van der Waals surface area contributed by atoms with Crippen molar-refractivity contribution in [3.05, 3.63) is 0 Å². The first-order valence-corrected chi connectivity index (χ1v) is 8.01. The van der Waals surface area contributed by atoms with E-state index in [0.29, 0.717) is 0 Å². The van der Waals surface area contributed by atoms with Crippen LogP contribution in [-0.4, -0.2) is 50.3 Å². The lowest BCUT2D eigenvalue weighted by molar-refractivity contribution is 0.0982. The molecule has 116 valence electrons. The Bertz CT molecular complexity index is 295. The zero-order chi connectivity index (χ0) is 14.8. The van der Waals surface area contributed by atoms with Crippen LogP contribution in [0.4, 0.5) is 0 Å². The van der Waals surface area contributed by atoms with Crippen LogP contribution in [0, 0.1) is 17.2 Å². The summed E-state index contributed by atoms with van der Waals surface area (Å²) in [5.41, 5.74) is -0.357. The van der Waals surface area contributed by atoms with E-state index in [0.717, 1.165) is 44.9 Å². The van der Waals surface area contributed by atoms with Crippen molar-refractivity contribution >= 4 is 0 Å². The van der Waals surface area contributed by atoms with Crippen LogP contribution in [0.1, 0.15) is 46.0 Å². The predicted octanol–water partition coefficient (Wildman–Crippen LogP) is 2.41. The van der Waals surface area contributed by atoms with Crippen LogP contribution >= 0.6 is 0 Å². The van der Waals surface area contributed by atoms with Crippen LogP contribution in [0.5, 0.6) is 0 Å². The summed E-state index contributed by atoms with van der Waals surface area (Å²) < 4.78 is 5.23. The molecule has 1 heterocycles. The number of rotatable bonds is 9. The Labute approximate surface area is 124 Å². The highest BCUT2D eigenvalue weighted by atomic mass is 16.5. The second-order valence-corrected chi connectivity index (χ2v) is 6.21. The van der Waals surface area contributed by atoms with Gasteiger partial charge in [-0.05, 0) is 71.1 Å². The molecule has 4 heteroatoms. The van der Waals surface area contributed by atoms with Crippen molar-refractivity contribution in [2.45, 2.75) is 51.5 Å². The number of nitriles is 1. The molecule has 20 heavy (non-hydrogen) atoms. The fourth-order valence-corrected chi connectivity index (χ4v) is 2.85. The van der Waals surface area contributed by atoms with Crippen molar-refractivity contribution in [2.75, 3.05) is 39.9 Å². The molecule has 1 aliphatic rings. The van der Waals surface area contributed by atoms with E-state index in [2.05, 4.69) is 23.2 Å². The van der Waals surface area contributed by atoms with Crippen LogP contribution in [-0.2, 0) is 4.74 Å². The molecule has 0 aromatic heterocycles. The van der Waals surface area contributed by atoms with Gasteiger partial charge in [-0.2, -0.15) is 5.26 Å². The van der Waals surface area contributed by atoms with Crippen LogP contribution in [0.2, 0.25) is 0 Å². The monoisotopic (exact) mass is 281 g/mol. The minimum Gasteiger partial charge on any atom is -0.384 e. The molecule has 0 amide bonds. The minimum absolute atomic E-state index is 0.357. The standard InChI is InChI=1S/C16H31N3O/c1-4-9-18-16(2,14-17)8-5-10-19-11-6-15(7-12-19)13-20-3/h15,18H,4-13H2,1-3H3. The number of nitrogens with one attached hydrogen (secondary N) is 1. The SMILES string of the molecule is CCCNC(C)(C#N)CCCN1CCC(COC)CC1. The van der Waals surface area contributed by atoms with E-state index in [1.807, 2.05) is 6.92 Å². The van der Waals surface area contributed by atoms with Gasteiger partial charge in [-0.25, -0.2) is 0 Å². The van der Waals surface area contributed by atoms with Gasteiger partial charge in [-0.15, -0.1) is 0 Å². The summed E-state index contributed by atoms with van der Waals surface area (Å²) in [4.78, 5) is 2.53. The Morgan fingerprint density at radius 3 is 2.65 bits per heavy atom. The molecule has 0 spiro atoms. The van der Waals surface area contributed by atoms with Gasteiger partial charge < -0.3 is 9.64 Å². The van der Waals surface area contributed by atoms with Crippen LogP contribution in [0.3, 0.4) is 0 Å². The molecule has 0 saturated carbocycles. The number of likely N-dealkylation sites (tertiary alicyclic amines) is 1. The van der Waals surface area contributed by atoms with E-state index in [1.54, 1.807) is 7.11 Å². The molecule has 1 atom stereocenters. The Hall–Kier alpha value is -0.630. The summed E-state index contributed by atoms with van der Waals surface area (Å²) in [7, 11) is 1.79. The molecule has 1 N–H and O–H groups in total. The summed E-state index contributed by atoms with van der Waals surface area (Å²) in [5.74, 6) is 0.742. The van der Waals surface area contributed by atoms with Gasteiger partial charge in [-0.1, -0.05) is 6.92 Å². The number of nitrogens with zero attached hydrogens (tertiary/aromatic N) is 2. The fourth-order valence-electron chi connectivity index (χ4n) is 2.85. The van der Waals surface area contributed by atoms with Crippen LogP contribution in [0.25, 0.3) is 0 Å². The summed E-state index contributed by atoms with van der Waals surface area (Å²) in [6, 6.07) is 2.43. The summed E-state index contributed by atoms with van der Waals surface area (Å²) in [5, 5.41) is 12.7. The first kappa shape index (κ1) is 17.4. The molecule has 4 nitrogen and oxygen atoms in total. The Morgan fingerprint density at radius 1 is 1.40 bits per heavy atom. The lowest BCUT2D eigenvalue weighted by Gasteiger charge is -2.32. The fraction of sp³-hybridized carbons (Fsp3) is 0.938. The van der Waals surface area contributed by atoms with Gasteiger partial charge in [0, 0.05) is 13.7 Å². The average molecular weight is 281 g/mol. The quantitative estimate of drug-likeness (QED) is 0.705. The number of methoxy groups -OCH3 is 1. The first-order chi connectivity index (χ1) is 9.63. The smallest absolute Gasteiger partial charge is 0.103 e. The number of hydrogen-bond acceptors (Lipinski definition) is 4. The average Bonchev–Trinajstić information content (AvgIpc) is 2.47. The lowest BCUT2D eigenvalue weighted by Crippen LogP contribution is -2.42. The van der Waals surface area contributed by atoms with Crippen molar-refractivity contribution in [3.8, 4) is 6.07 Å². The van der Waals surface area contributed by atoms with Crippen LogP contribution < -0.4 is 5.32 Å². The van der Waals surface area contributed by atoms with E-state index >= 15 is 0 Å². The summed E-state index contributed by atoms with van der Waals surface area (Å²) in [6.45, 7) is 9.46. The maximum atomic E-state index is 9.30.